The number of aromatic hydroxyl groups is 1. The molecule has 0 aliphatic carbocycles. The smallest absolute Gasteiger partial charge is 0.257 e. The zero-order chi connectivity index (χ0) is 13.8. The van der Waals surface area contributed by atoms with Gasteiger partial charge in [0.05, 0.1) is 17.8 Å². The highest BCUT2D eigenvalue weighted by Crippen LogP contribution is 2.22. The molecule has 2 aromatic rings. The molecule has 0 saturated carbocycles. The van der Waals surface area contributed by atoms with Gasteiger partial charge in [-0.25, -0.2) is 0 Å². The number of rotatable bonds is 3. The van der Waals surface area contributed by atoms with Crippen molar-refractivity contribution in [2.45, 2.75) is 13.5 Å². The lowest BCUT2D eigenvalue weighted by Crippen LogP contribution is -2.26. The van der Waals surface area contributed by atoms with Gasteiger partial charge in [0.25, 0.3) is 5.91 Å². The van der Waals surface area contributed by atoms with Crippen LogP contribution >= 0.6 is 0 Å². The zero-order valence-corrected chi connectivity index (χ0v) is 11.0. The number of aryl methyl sites for hydroxylation is 1. The maximum atomic E-state index is 12.3. The molecule has 19 heavy (non-hydrogen) atoms. The molecular weight excluding hydrogens is 240 g/mol. The van der Waals surface area contributed by atoms with Gasteiger partial charge in [-0.1, -0.05) is 18.2 Å². The molecule has 0 fully saturated rings. The highest BCUT2D eigenvalue weighted by molar-refractivity contribution is 5.97. The van der Waals surface area contributed by atoms with Gasteiger partial charge in [-0.3, -0.25) is 9.78 Å². The van der Waals surface area contributed by atoms with Crippen molar-refractivity contribution in [3.63, 3.8) is 0 Å². The number of carbonyl (C=O) groups excluding carboxylic acids is 1. The first-order chi connectivity index (χ1) is 9.09. The molecule has 0 atom stereocenters. The SMILES string of the molecule is Cc1cccc(C(=O)N(C)Cc2ccccn2)c1O. The molecule has 1 aromatic carbocycles. The third kappa shape index (κ3) is 2.91. The Morgan fingerprint density at radius 3 is 2.74 bits per heavy atom. The van der Waals surface area contributed by atoms with E-state index in [9.17, 15) is 9.90 Å². The van der Waals surface area contributed by atoms with Gasteiger partial charge >= 0.3 is 0 Å². The molecule has 4 heteroatoms. The molecule has 0 aliphatic rings. The van der Waals surface area contributed by atoms with Crippen molar-refractivity contribution in [3.05, 3.63) is 59.4 Å². The average Bonchev–Trinajstić information content (AvgIpc) is 2.42. The topological polar surface area (TPSA) is 53.4 Å². The summed E-state index contributed by atoms with van der Waals surface area (Å²) in [6, 6.07) is 10.7. The Kier molecular flexibility index (Phi) is 3.80. The molecular formula is C15H16N2O2. The minimum Gasteiger partial charge on any atom is -0.507 e. The van der Waals surface area contributed by atoms with Crippen LogP contribution in [0.3, 0.4) is 0 Å². The number of nitrogens with zero attached hydrogens (tertiary/aromatic N) is 2. The van der Waals surface area contributed by atoms with Crippen LogP contribution in [0.5, 0.6) is 5.75 Å². The van der Waals surface area contributed by atoms with Gasteiger partial charge in [-0.05, 0) is 30.7 Å². The van der Waals surface area contributed by atoms with E-state index < -0.39 is 0 Å². The molecule has 0 saturated heterocycles. The van der Waals surface area contributed by atoms with E-state index in [1.807, 2.05) is 18.2 Å². The summed E-state index contributed by atoms with van der Waals surface area (Å²) in [5.74, 6) is -0.174. The maximum Gasteiger partial charge on any atom is 0.257 e. The molecule has 0 radical (unpaired) electrons. The number of pyridine rings is 1. The van der Waals surface area contributed by atoms with Crippen molar-refractivity contribution >= 4 is 5.91 Å². The molecule has 0 bridgehead atoms. The highest BCUT2D eigenvalue weighted by atomic mass is 16.3. The minimum absolute atomic E-state index is 0.0420. The Hall–Kier alpha value is -2.36. The molecule has 2 rings (SSSR count). The fourth-order valence-electron chi connectivity index (χ4n) is 1.84. The second-order valence-corrected chi connectivity index (χ2v) is 4.45. The van der Waals surface area contributed by atoms with E-state index >= 15 is 0 Å². The summed E-state index contributed by atoms with van der Waals surface area (Å²) in [5.41, 5.74) is 1.82. The average molecular weight is 256 g/mol. The number of aromatic nitrogens is 1. The van der Waals surface area contributed by atoms with Gasteiger partial charge in [0.1, 0.15) is 5.75 Å². The fourth-order valence-corrected chi connectivity index (χ4v) is 1.84. The van der Waals surface area contributed by atoms with E-state index in [0.717, 1.165) is 5.69 Å². The predicted molar refractivity (Wildman–Crippen MR) is 72.9 cm³/mol. The Morgan fingerprint density at radius 2 is 2.05 bits per heavy atom. The number of hydrogen-bond acceptors (Lipinski definition) is 3. The van der Waals surface area contributed by atoms with Crippen LogP contribution in [-0.4, -0.2) is 27.9 Å². The number of phenols is 1. The summed E-state index contributed by atoms with van der Waals surface area (Å²) in [6.07, 6.45) is 1.69. The van der Waals surface area contributed by atoms with Gasteiger partial charge in [0.15, 0.2) is 0 Å². The van der Waals surface area contributed by atoms with Gasteiger partial charge in [-0.15, -0.1) is 0 Å². The van der Waals surface area contributed by atoms with Crippen LogP contribution in [0.2, 0.25) is 0 Å². The number of amides is 1. The van der Waals surface area contributed by atoms with Crippen LogP contribution < -0.4 is 0 Å². The summed E-state index contributed by atoms with van der Waals surface area (Å²) in [7, 11) is 1.69. The number of para-hydroxylation sites is 1. The summed E-state index contributed by atoms with van der Waals surface area (Å²) < 4.78 is 0. The van der Waals surface area contributed by atoms with Crippen molar-refractivity contribution < 1.29 is 9.90 Å². The number of benzene rings is 1. The molecule has 1 aromatic heterocycles. The van der Waals surface area contributed by atoms with Crippen LogP contribution in [0, 0.1) is 6.92 Å². The molecule has 0 aliphatic heterocycles. The van der Waals surface area contributed by atoms with E-state index in [4.69, 9.17) is 0 Å². The summed E-state index contributed by atoms with van der Waals surface area (Å²) in [4.78, 5) is 18.0. The van der Waals surface area contributed by atoms with Gasteiger partial charge in [0.2, 0.25) is 0 Å². The van der Waals surface area contributed by atoms with Crippen LogP contribution in [0.15, 0.2) is 42.6 Å². The van der Waals surface area contributed by atoms with E-state index in [1.165, 1.54) is 4.90 Å². The molecule has 1 heterocycles. The Balaban J connectivity index is 2.18. The molecule has 0 unspecified atom stereocenters. The first kappa shape index (κ1) is 13.1. The van der Waals surface area contributed by atoms with E-state index in [-0.39, 0.29) is 11.7 Å². The number of phenolic OH excluding ortho intramolecular Hbond substituents is 1. The lowest BCUT2D eigenvalue weighted by Gasteiger charge is -2.17. The van der Waals surface area contributed by atoms with Crippen molar-refractivity contribution in [3.8, 4) is 5.75 Å². The largest absolute Gasteiger partial charge is 0.507 e. The standard InChI is InChI=1S/C15H16N2O2/c1-11-6-5-8-13(14(11)18)15(19)17(2)10-12-7-3-4-9-16-12/h3-9,18H,10H2,1-2H3. The van der Waals surface area contributed by atoms with Gasteiger partial charge in [0, 0.05) is 13.2 Å². The maximum absolute atomic E-state index is 12.3. The zero-order valence-electron chi connectivity index (χ0n) is 11.0. The normalized spacial score (nSPS) is 10.2. The molecule has 1 N–H and O–H groups in total. The van der Waals surface area contributed by atoms with E-state index in [1.54, 1.807) is 38.4 Å². The lowest BCUT2D eigenvalue weighted by molar-refractivity contribution is 0.0780. The van der Waals surface area contributed by atoms with Crippen LogP contribution in [0.25, 0.3) is 0 Å². The molecule has 98 valence electrons. The monoisotopic (exact) mass is 256 g/mol. The lowest BCUT2D eigenvalue weighted by atomic mass is 10.1. The van der Waals surface area contributed by atoms with Gasteiger partial charge in [-0.2, -0.15) is 0 Å². The third-order valence-electron chi connectivity index (χ3n) is 2.94. The van der Waals surface area contributed by atoms with E-state index in [0.29, 0.717) is 17.7 Å². The van der Waals surface area contributed by atoms with E-state index in [2.05, 4.69) is 4.98 Å². The predicted octanol–water partition coefficient (Wildman–Crippen LogP) is 2.37. The summed E-state index contributed by atoms with van der Waals surface area (Å²) in [6.45, 7) is 2.18. The first-order valence-corrected chi connectivity index (χ1v) is 6.03. The van der Waals surface area contributed by atoms with Crippen molar-refractivity contribution in [2.24, 2.45) is 0 Å². The van der Waals surface area contributed by atoms with Crippen LogP contribution in [0.1, 0.15) is 21.6 Å². The Morgan fingerprint density at radius 1 is 1.26 bits per heavy atom. The Bertz CT molecular complexity index is 582. The van der Waals surface area contributed by atoms with Crippen LogP contribution in [0.4, 0.5) is 0 Å². The second-order valence-electron chi connectivity index (χ2n) is 4.45. The minimum atomic E-state index is -0.216. The van der Waals surface area contributed by atoms with Crippen molar-refractivity contribution in [1.29, 1.82) is 0 Å². The van der Waals surface area contributed by atoms with Crippen LogP contribution in [-0.2, 0) is 6.54 Å². The quantitative estimate of drug-likeness (QED) is 0.917. The van der Waals surface area contributed by atoms with Crippen molar-refractivity contribution in [2.75, 3.05) is 7.05 Å². The highest BCUT2D eigenvalue weighted by Gasteiger charge is 2.17. The Labute approximate surface area is 112 Å². The fraction of sp³-hybridized carbons (Fsp3) is 0.200. The molecule has 4 nitrogen and oxygen atoms in total. The van der Waals surface area contributed by atoms with Gasteiger partial charge < -0.3 is 10.0 Å². The second kappa shape index (κ2) is 5.52. The number of carbonyl (C=O) groups is 1. The third-order valence-corrected chi connectivity index (χ3v) is 2.94. The number of hydrogen-bond donors (Lipinski definition) is 1. The summed E-state index contributed by atoms with van der Waals surface area (Å²) in [5, 5.41) is 9.92. The first-order valence-electron chi connectivity index (χ1n) is 6.03. The van der Waals surface area contributed by atoms with Crippen molar-refractivity contribution in [1.82, 2.24) is 9.88 Å². The molecule has 0 spiro atoms. The molecule has 1 amide bonds. The summed E-state index contributed by atoms with van der Waals surface area (Å²) >= 11 is 0.